The monoisotopic (exact) mass is 265 g/mol. The van der Waals surface area contributed by atoms with Crippen molar-refractivity contribution in [3.63, 3.8) is 0 Å². The van der Waals surface area contributed by atoms with Crippen molar-refractivity contribution in [2.75, 3.05) is 27.2 Å². The molecule has 0 saturated carbocycles. The van der Waals surface area contributed by atoms with Crippen molar-refractivity contribution in [2.24, 2.45) is 0 Å². The number of nitrogens with one attached hydrogen (secondary N) is 1. The number of likely N-dealkylation sites (N-methyl/N-ethyl adjacent to an activating group) is 1. The van der Waals surface area contributed by atoms with Gasteiger partial charge in [-0.3, -0.25) is 9.59 Å². The van der Waals surface area contributed by atoms with Crippen LogP contribution in [-0.2, 0) is 0 Å². The Kier molecular flexibility index (Phi) is 4.01. The molecule has 1 aromatic heterocycles. The van der Waals surface area contributed by atoms with Crippen LogP contribution in [0.2, 0.25) is 0 Å². The third kappa shape index (κ3) is 3.02. The molecule has 0 bridgehead atoms. The molecule has 1 aliphatic rings. The van der Waals surface area contributed by atoms with Gasteiger partial charge in [0.05, 0.1) is 6.10 Å². The standard InChI is InChI=1S/C13H19N3O3/c1-15(2)7-9-5-10(17)8-16(9)13(19)11-6-14-4-3-12(11)18/h3-4,6,9-10,17H,5,7-8H2,1-2H3,(H,14,18). The van der Waals surface area contributed by atoms with Crippen LogP contribution in [-0.4, -0.2) is 65.1 Å². The maximum absolute atomic E-state index is 12.4. The Morgan fingerprint density at radius 2 is 2.32 bits per heavy atom. The molecule has 2 unspecified atom stereocenters. The van der Waals surface area contributed by atoms with Crippen LogP contribution < -0.4 is 5.43 Å². The predicted octanol–water partition coefficient (Wildman–Crippen LogP) is -0.488. The van der Waals surface area contributed by atoms with E-state index in [4.69, 9.17) is 0 Å². The zero-order valence-corrected chi connectivity index (χ0v) is 11.2. The Hall–Kier alpha value is -1.66. The summed E-state index contributed by atoms with van der Waals surface area (Å²) in [5.41, 5.74) is -0.172. The van der Waals surface area contributed by atoms with Gasteiger partial charge in [-0.15, -0.1) is 0 Å². The minimum absolute atomic E-state index is 0.0582. The summed E-state index contributed by atoms with van der Waals surface area (Å²) in [4.78, 5) is 30.4. The molecule has 0 radical (unpaired) electrons. The third-order valence-electron chi connectivity index (χ3n) is 3.28. The normalized spacial score (nSPS) is 23.1. The molecule has 2 rings (SSSR count). The summed E-state index contributed by atoms with van der Waals surface area (Å²) >= 11 is 0. The molecular weight excluding hydrogens is 246 g/mol. The third-order valence-corrected chi connectivity index (χ3v) is 3.28. The topological polar surface area (TPSA) is 76.6 Å². The number of pyridine rings is 1. The largest absolute Gasteiger partial charge is 0.391 e. The van der Waals surface area contributed by atoms with Gasteiger partial charge in [-0.05, 0) is 20.5 Å². The maximum atomic E-state index is 12.4. The summed E-state index contributed by atoms with van der Waals surface area (Å²) in [5, 5.41) is 9.75. The minimum atomic E-state index is -0.517. The average Bonchev–Trinajstić information content (AvgIpc) is 2.69. The number of rotatable bonds is 3. The molecule has 1 aromatic rings. The highest BCUT2D eigenvalue weighted by Gasteiger charge is 2.35. The number of hydrogen-bond acceptors (Lipinski definition) is 4. The van der Waals surface area contributed by atoms with Crippen molar-refractivity contribution in [3.05, 3.63) is 34.2 Å². The number of aromatic amines is 1. The van der Waals surface area contributed by atoms with Crippen molar-refractivity contribution in [1.82, 2.24) is 14.8 Å². The van der Waals surface area contributed by atoms with Crippen molar-refractivity contribution in [3.8, 4) is 0 Å². The first-order valence-electron chi connectivity index (χ1n) is 6.30. The van der Waals surface area contributed by atoms with E-state index in [2.05, 4.69) is 4.98 Å². The number of nitrogens with zero attached hydrogens (tertiary/aromatic N) is 2. The predicted molar refractivity (Wildman–Crippen MR) is 71.1 cm³/mol. The van der Waals surface area contributed by atoms with Crippen molar-refractivity contribution in [1.29, 1.82) is 0 Å². The molecule has 6 nitrogen and oxygen atoms in total. The van der Waals surface area contributed by atoms with Gasteiger partial charge in [-0.25, -0.2) is 0 Å². The van der Waals surface area contributed by atoms with E-state index in [0.29, 0.717) is 13.0 Å². The molecule has 1 saturated heterocycles. The molecule has 6 heteroatoms. The highest BCUT2D eigenvalue weighted by Crippen LogP contribution is 2.20. The summed E-state index contributed by atoms with van der Waals surface area (Å²) in [7, 11) is 3.84. The smallest absolute Gasteiger partial charge is 0.259 e. The van der Waals surface area contributed by atoms with Crippen LogP contribution in [0.3, 0.4) is 0 Å². The fourth-order valence-corrected chi connectivity index (χ4v) is 2.47. The molecule has 0 spiro atoms. The number of likely N-dealkylation sites (tertiary alicyclic amines) is 1. The number of hydrogen-bond donors (Lipinski definition) is 2. The highest BCUT2D eigenvalue weighted by atomic mass is 16.3. The van der Waals surface area contributed by atoms with E-state index >= 15 is 0 Å². The molecular formula is C13H19N3O3. The lowest BCUT2D eigenvalue weighted by molar-refractivity contribution is 0.0697. The second-order valence-corrected chi connectivity index (χ2v) is 5.19. The molecule has 1 amide bonds. The van der Waals surface area contributed by atoms with Gasteiger partial charge in [-0.1, -0.05) is 0 Å². The zero-order chi connectivity index (χ0) is 14.0. The number of aliphatic hydroxyl groups is 1. The SMILES string of the molecule is CN(C)CC1CC(O)CN1C(=O)c1c[nH]ccc1=O. The van der Waals surface area contributed by atoms with Crippen LogP contribution >= 0.6 is 0 Å². The van der Waals surface area contributed by atoms with Crippen molar-refractivity contribution >= 4 is 5.91 Å². The minimum Gasteiger partial charge on any atom is -0.391 e. The highest BCUT2D eigenvalue weighted by molar-refractivity contribution is 5.94. The first-order chi connectivity index (χ1) is 8.99. The first kappa shape index (κ1) is 13.8. The summed E-state index contributed by atoms with van der Waals surface area (Å²) in [5.74, 6) is -0.315. The van der Waals surface area contributed by atoms with E-state index < -0.39 is 6.10 Å². The van der Waals surface area contributed by atoms with Gasteiger partial charge >= 0.3 is 0 Å². The number of H-pyrrole nitrogens is 1. The Bertz CT molecular complexity index is 512. The quantitative estimate of drug-likeness (QED) is 0.773. The van der Waals surface area contributed by atoms with Crippen LogP contribution in [0, 0.1) is 0 Å². The summed E-state index contributed by atoms with van der Waals surface area (Å²) < 4.78 is 0. The van der Waals surface area contributed by atoms with Crippen molar-refractivity contribution < 1.29 is 9.90 Å². The number of carbonyl (C=O) groups excluding carboxylic acids is 1. The second kappa shape index (κ2) is 5.54. The lowest BCUT2D eigenvalue weighted by Crippen LogP contribution is -2.42. The number of carbonyl (C=O) groups is 1. The van der Waals surface area contributed by atoms with E-state index in [9.17, 15) is 14.7 Å². The van der Waals surface area contributed by atoms with Gasteiger partial charge in [-0.2, -0.15) is 0 Å². The van der Waals surface area contributed by atoms with Gasteiger partial charge in [0.1, 0.15) is 5.56 Å². The molecule has 2 N–H and O–H groups in total. The maximum Gasteiger partial charge on any atom is 0.259 e. The molecule has 19 heavy (non-hydrogen) atoms. The van der Waals surface area contributed by atoms with Crippen LogP contribution in [0.15, 0.2) is 23.3 Å². The first-order valence-corrected chi connectivity index (χ1v) is 6.30. The van der Waals surface area contributed by atoms with Gasteiger partial charge in [0.2, 0.25) is 0 Å². The summed E-state index contributed by atoms with van der Waals surface area (Å²) in [6.07, 6.45) is 2.95. The number of aliphatic hydroxyl groups excluding tert-OH is 1. The Morgan fingerprint density at radius 3 is 2.95 bits per heavy atom. The van der Waals surface area contributed by atoms with Gasteiger partial charge in [0.15, 0.2) is 5.43 Å². The molecule has 2 heterocycles. The van der Waals surface area contributed by atoms with Crippen LogP contribution in [0.1, 0.15) is 16.8 Å². The molecule has 0 aromatic carbocycles. The van der Waals surface area contributed by atoms with E-state index in [-0.39, 0.29) is 29.5 Å². The summed E-state index contributed by atoms with van der Waals surface area (Å²) in [6.45, 7) is 0.958. The molecule has 1 aliphatic heterocycles. The number of amides is 1. The van der Waals surface area contributed by atoms with Crippen LogP contribution in [0.4, 0.5) is 0 Å². The van der Waals surface area contributed by atoms with E-state index in [1.54, 1.807) is 4.90 Å². The van der Waals surface area contributed by atoms with Crippen LogP contribution in [0.5, 0.6) is 0 Å². The number of β-amino-alcohol motifs (C(OH)–C–C–N with tert-alkyl or cyclic N) is 1. The Balaban J connectivity index is 2.22. The lowest BCUT2D eigenvalue weighted by Gasteiger charge is -2.26. The molecule has 1 fully saturated rings. The fourth-order valence-electron chi connectivity index (χ4n) is 2.47. The Morgan fingerprint density at radius 1 is 1.58 bits per heavy atom. The van der Waals surface area contributed by atoms with Gasteiger partial charge in [0, 0.05) is 37.6 Å². The Labute approximate surface area is 111 Å². The number of aromatic nitrogens is 1. The zero-order valence-electron chi connectivity index (χ0n) is 11.2. The summed E-state index contributed by atoms with van der Waals surface area (Å²) in [6, 6.07) is 1.28. The van der Waals surface area contributed by atoms with E-state index in [1.165, 1.54) is 18.5 Å². The fraction of sp³-hybridized carbons (Fsp3) is 0.538. The average molecular weight is 265 g/mol. The van der Waals surface area contributed by atoms with Gasteiger partial charge < -0.3 is 19.9 Å². The lowest BCUT2D eigenvalue weighted by atomic mass is 10.1. The van der Waals surface area contributed by atoms with Crippen LogP contribution in [0.25, 0.3) is 0 Å². The van der Waals surface area contributed by atoms with Crippen molar-refractivity contribution in [2.45, 2.75) is 18.6 Å². The molecule has 104 valence electrons. The molecule has 2 atom stereocenters. The van der Waals surface area contributed by atoms with Gasteiger partial charge in [0.25, 0.3) is 5.91 Å². The second-order valence-electron chi connectivity index (χ2n) is 5.19. The van der Waals surface area contributed by atoms with E-state index in [0.717, 1.165) is 0 Å². The molecule has 0 aliphatic carbocycles. The van der Waals surface area contributed by atoms with E-state index in [1.807, 2.05) is 19.0 Å².